The molecule has 0 aliphatic rings. The summed E-state index contributed by atoms with van der Waals surface area (Å²) in [5.74, 6) is -0.873. The lowest BCUT2D eigenvalue weighted by atomic mass is 10.3. The summed E-state index contributed by atoms with van der Waals surface area (Å²) in [6, 6.07) is 2.92. The SMILES string of the molecule is CCNC(=O)CN(CC)C(=O)c1ncccc1O. The number of amides is 2. The number of hydrogen-bond acceptors (Lipinski definition) is 4. The maximum Gasteiger partial charge on any atom is 0.276 e. The number of nitrogens with one attached hydrogen (secondary N) is 1. The Hall–Kier alpha value is -2.11. The number of aromatic nitrogens is 1. The molecule has 98 valence electrons. The van der Waals surface area contributed by atoms with Gasteiger partial charge >= 0.3 is 0 Å². The molecule has 0 saturated heterocycles. The Morgan fingerprint density at radius 2 is 2.17 bits per heavy atom. The second kappa shape index (κ2) is 6.58. The summed E-state index contributed by atoms with van der Waals surface area (Å²) in [4.78, 5) is 28.7. The number of aromatic hydroxyl groups is 1. The smallest absolute Gasteiger partial charge is 0.276 e. The van der Waals surface area contributed by atoms with Gasteiger partial charge in [0.2, 0.25) is 5.91 Å². The van der Waals surface area contributed by atoms with Gasteiger partial charge in [0.25, 0.3) is 5.91 Å². The highest BCUT2D eigenvalue weighted by atomic mass is 16.3. The van der Waals surface area contributed by atoms with Crippen molar-refractivity contribution in [2.75, 3.05) is 19.6 Å². The van der Waals surface area contributed by atoms with Crippen LogP contribution in [0.1, 0.15) is 24.3 Å². The molecule has 1 rings (SSSR count). The summed E-state index contributed by atoms with van der Waals surface area (Å²) in [5, 5.41) is 12.2. The zero-order chi connectivity index (χ0) is 13.5. The average molecular weight is 251 g/mol. The number of likely N-dealkylation sites (N-methyl/N-ethyl adjacent to an activating group) is 2. The van der Waals surface area contributed by atoms with Gasteiger partial charge in [-0.25, -0.2) is 4.98 Å². The first-order chi connectivity index (χ1) is 8.60. The molecular weight excluding hydrogens is 234 g/mol. The summed E-state index contributed by atoms with van der Waals surface area (Å²) in [6.07, 6.45) is 1.42. The van der Waals surface area contributed by atoms with Gasteiger partial charge in [-0.2, -0.15) is 0 Å². The summed E-state index contributed by atoms with van der Waals surface area (Å²) in [5.41, 5.74) is -0.0383. The van der Waals surface area contributed by atoms with Crippen molar-refractivity contribution < 1.29 is 14.7 Å². The number of carbonyl (C=O) groups excluding carboxylic acids is 2. The van der Waals surface area contributed by atoms with E-state index < -0.39 is 5.91 Å². The Labute approximate surface area is 106 Å². The summed E-state index contributed by atoms with van der Waals surface area (Å²) < 4.78 is 0. The molecule has 6 heteroatoms. The predicted octanol–water partition coefficient (Wildman–Crippen LogP) is 0.385. The van der Waals surface area contributed by atoms with E-state index in [0.717, 1.165) is 0 Å². The van der Waals surface area contributed by atoms with Crippen LogP contribution in [0.3, 0.4) is 0 Å². The lowest BCUT2D eigenvalue weighted by Gasteiger charge is -2.19. The average Bonchev–Trinajstić information content (AvgIpc) is 2.36. The monoisotopic (exact) mass is 251 g/mol. The van der Waals surface area contributed by atoms with Crippen LogP contribution < -0.4 is 5.32 Å². The van der Waals surface area contributed by atoms with Crippen LogP contribution in [-0.2, 0) is 4.79 Å². The van der Waals surface area contributed by atoms with Gasteiger partial charge in [0.05, 0.1) is 6.54 Å². The van der Waals surface area contributed by atoms with Crippen LogP contribution in [0, 0.1) is 0 Å². The van der Waals surface area contributed by atoms with Crippen LogP contribution in [-0.4, -0.2) is 46.4 Å². The minimum Gasteiger partial charge on any atom is -0.505 e. The fourth-order valence-electron chi connectivity index (χ4n) is 1.46. The molecule has 2 N–H and O–H groups in total. The van der Waals surface area contributed by atoms with Gasteiger partial charge in [0, 0.05) is 19.3 Å². The van der Waals surface area contributed by atoms with E-state index in [1.54, 1.807) is 13.8 Å². The molecule has 0 aliphatic heterocycles. The number of rotatable bonds is 5. The Morgan fingerprint density at radius 1 is 1.44 bits per heavy atom. The number of nitrogens with zero attached hydrogens (tertiary/aromatic N) is 2. The largest absolute Gasteiger partial charge is 0.505 e. The van der Waals surface area contributed by atoms with Crippen molar-refractivity contribution in [3.05, 3.63) is 24.0 Å². The van der Waals surface area contributed by atoms with E-state index in [-0.39, 0.29) is 23.9 Å². The number of pyridine rings is 1. The minimum absolute atomic E-state index is 0.0383. The molecule has 1 aromatic rings. The Morgan fingerprint density at radius 3 is 2.72 bits per heavy atom. The third-order valence-corrected chi connectivity index (χ3v) is 2.37. The maximum atomic E-state index is 12.1. The van der Waals surface area contributed by atoms with Gasteiger partial charge in [-0.15, -0.1) is 0 Å². The quantitative estimate of drug-likeness (QED) is 0.792. The lowest BCUT2D eigenvalue weighted by molar-refractivity contribution is -0.121. The molecule has 1 heterocycles. The van der Waals surface area contributed by atoms with E-state index in [0.29, 0.717) is 13.1 Å². The first-order valence-corrected chi connectivity index (χ1v) is 5.80. The highest BCUT2D eigenvalue weighted by Gasteiger charge is 2.20. The molecule has 0 fully saturated rings. The van der Waals surface area contributed by atoms with Gasteiger partial charge in [-0.05, 0) is 26.0 Å². The highest BCUT2D eigenvalue weighted by Crippen LogP contribution is 2.14. The van der Waals surface area contributed by atoms with E-state index in [1.807, 2.05) is 0 Å². The van der Waals surface area contributed by atoms with E-state index in [2.05, 4.69) is 10.3 Å². The molecular formula is C12H17N3O3. The first-order valence-electron chi connectivity index (χ1n) is 5.80. The second-order valence-corrected chi connectivity index (χ2v) is 3.64. The zero-order valence-electron chi connectivity index (χ0n) is 10.5. The van der Waals surface area contributed by atoms with E-state index in [9.17, 15) is 14.7 Å². The van der Waals surface area contributed by atoms with Gasteiger partial charge in [0.15, 0.2) is 5.69 Å². The summed E-state index contributed by atoms with van der Waals surface area (Å²) in [7, 11) is 0. The van der Waals surface area contributed by atoms with Gasteiger partial charge in [-0.1, -0.05) is 0 Å². The summed E-state index contributed by atoms with van der Waals surface area (Å²) in [6.45, 7) is 4.41. The maximum absolute atomic E-state index is 12.1. The van der Waals surface area contributed by atoms with Crippen LogP contribution in [0.15, 0.2) is 18.3 Å². The van der Waals surface area contributed by atoms with Crippen LogP contribution >= 0.6 is 0 Å². The van der Waals surface area contributed by atoms with Gasteiger partial charge in [0.1, 0.15) is 5.75 Å². The molecule has 0 aliphatic carbocycles. The normalized spacial score (nSPS) is 9.89. The third kappa shape index (κ3) is 3.44. The fourth-order valence-corrected chi connectivity index (χ4v) is 1.46. The van der Waals surface area contributed by atoms with E-state index in [4.69, 9.17) is 0 Å². The lowest BCUT2D eigenvalue weighted by Crippen LogP contribution is -2.40. The Kier molecular flexibility index (Phi) is 5.10. The van der Waals surface area contributed by atoms with Crippen LogP contribution in [0.25, 0.3) is 0 Å². The van der Waals surface area contributed by atoms with Gasteiger partial charge < -0.3 is 15.3 Å². The second-order valence-electron chi connectivity index (χ2n) is 3.64. The molecule has 6 nitrogen and oxygen atoms in total. The van der Waals surface area contributed by atoms with Crippen molar-refractivity contribution in [2.24, 2.45) is 0 Å². The first kappa shape index (κ1) is 14.0. The molecule has 0 spiro atoms. The minimum atomic E-state index is -0.457. The van der Waals surface area contributed by atoms with Crippen molar-refractivity contribution in [1.29, 1.82) is 0 Å². The molecule has 1 aromatic heterocycles. The topological polar surface area (TPSA) is 82.5 Å². The predicted molar refractivity (Wildman–Crippen MR) is 66.2 cm³/mol. The Balaban J connectivity index is 2.80. The molecule has 0 radical (unpaired) electrons. The zero-order valence-corrected chi connectivity index (χ0v) is 10.5. The fraction of sp³-hybridized carbons (Fsp3) is 0.417. The van der Waals surface area contributed by atoms with E-state index in [1.165, 1.54) is 23.2 Å². The number of carbonyl (C=O) groups is 2. The summed E-state index contributed by atoms with van der Waals surface area (Å²) >= 11 is 0. The molecule has 0 bridgehead atoms. The molecule has 0 atom stereocenters. The van der Waals surface area contributed by atoms with Gasteiger partial charge in [-0.3, -0.25) is 9.59 Å². The van der Waals surface area contributed by atoms with Crippen molar-refractivity contribution in [3.8, 4) is 5.75 Å². The van der Waals surface area contributed by atoms with Crippen LogP contribution in [0.5, 0.6) is 5.75 Å². The molecule has 0 aromatic carbocycles. The molecule has 18 heavy (non-hydrogen) atoms. The van der Waals surface area contributed by atoms with Crippen LogP contribution in [0.4, 0.5) is 0 Å². The van der Waals surface area contributed by atoms with Crippen LogP contribution in [0.2, 0.25) is 0 Å². The molecule has 2 amide bonds. The standard InChI is InChI=1S/C12H17N3O3/c1-3-13-10(17)8-15(4-2)12(18)11-9(16)6-5-7-14-11/h5-7,16H,3-4,8H2,1-2H3,(H,13,17). The van der Waals surface area contributed by atoms with Crippen molar-refractivity contribution >= 4 is 11.8 Å². The van der Waals surface area contributed by atoms with Crippen molar-refractivity contribution in [3.63, 3.8) is 0 Å². The molecule has 0 unspecified atom stereocenters. The third-order valence-electron chi connectivity index (χ3n) is 2.37. The molecule has 0 saturated carbocycles. The van der Waals surface area contributed by atoms with Crippen molar-refractivity contribution in [1.82, 2.24) is 15.2 Å². The van der Waals surface area contributed by atoms with E-state index >= 15 is 0 Å². The highest BCUT2D eigenvalue weighted by molar-refractivity contribution is 5.96. The van der Waals surface area contributed by atoms with Crippen molar-refractivity contribution in [2.45, 2.75) is 13.8 Å². The Bertz CT molecular complexity index is 434. The number of hydrogen-bond donors (Lipinski definition) is 2.